The van der Waals surface area contributed by atoms with Gasteiger partial charge in [-0.15, -0.1) is 6.58 Å². The van der Waals surface area contributed by atoms with Crippen LogP contribution >= 0.6 is 0 Å². The Labute approximate surface area is 110 Å². The van der Waals surface area contributed by atoms with Gasteiger partial charge in [-0.1, -0.05) is 18.2 Å². The Balaban J connectivity index is 2.40. The van der Waals surface area contributed by atoms with Crippen LogP contribution in [0.3, 0.4) is 0 Å². The fourth-order valence-corrected chi connectivity index (χ4v) is 1.20. The normalized spacial score (nSPS) is 10.1. The highest BCUT2D eigenvalue weighted by atomic mass is 16.3. The van der Waals surface area contributed by atoms with Crippen LogP contribution in [0, 0.1) is 0 Å². The maximum Gasteiger partial charge on any atom is 0.249 e. The van der Waals surface area contributed by atoms with Crippen LogP contribution in [-0.4, -0.2) is 29.7 Å². The standard InChI is InChI=1S/C13H15N3O3/c1-2-7-14-12(18)8-13(19)16-15-9-10-5-3-4-6-11(10)17/h2-6,9,17H,1,7-8H2,(H,14,18)(H,16,19). The lowest BCUT2D eigenvalue weighted by Gasteiger charge is -2.01. The molecule has 19 heavy (non-hydrogen) atoms. The molecule has 0 heterocycles. The van der Waals surface area contributed by atoms with Gasteiger partial charge in [-0.2, -0.15) is 5.10 Å². The van der Waals surface area contributed by atoms with Crippen LogP contribution < -0.4 is 10.7 Å². The predicted molar refractivity (Wildman–Crippen MR) is 71.7 cm³/mol. The summed E-state index contributed by atoms with van der Waals surface area (Å²) in [5.74, 6) is -0.882. The predicted octanol–water partition coefficient (Wildman–Crippen LogP) is 0.535. The van der Waals surface area contributed by atoms with Crippen molar-refractivity contribution in [2.24, 2.45) is 5.10 Å². The van der Waals surface area contributed by atoms with Gasteiger partial charge < -0.3 is 10.4 Å². The second kappa shape index (κ2) is 7.65. The van der Waals surface area contributed by atoms with Crippen molar-refractivity contribution in [3.8, 4) is 5.75 Å². The third-order valence-electron chi connectivity index (χ3n) is 2.09. The van der Waals surface area contributed by atoms with E-state index >= 15 is 0 Å². The van der Waals surface area contributed by atoms with E-state index in [1.165, 1.54) is 18.4 Å². The molecule has 0 saturated carbocycles. The minimum absolute atomic E-state index is 0.0595. The van der Waals surface area contributed by atoms with Crippen LogP contribution in [0.4, 0.5) is 0 Å². The van der Waals surface area contributed by atoms with Gasteiger partial charge in [0.1, 0.15) is 12.2 Å². The van der Waals surface area contributed by atoms with Crippen molar-refractivity contribution in [3.05, 3.63) is 42.5 Å². The summed E-state index contributed by atoms with van der Waals surface area (Å²) in [6.45, 7) is 3.75. The number of para-hydroxylation sites is 1. The number of carbonyl (C=O) groups is 2. The third-order valence-corrected chi connectivity index (χ3v) is 2.09. The number of rotatable bonds is 6. The molecule has 0 aliphatic heterocycles. The molecule has 0 radical (unpaired) electrons. The maximum atomic E-state index is 11.3. The average molecular weight is 261 g/mol. The van der Waals surface area contributed by atoms with E-state index in [-0.39, 0.29) is 12.2 Å². The van der Waals surface area contributed by atoms with Crippen molar-refractivity contribution < 1.29 is 14.7 Å². The van der Waals surface area contributed by atoms with E-state index in [1.54, 1.807) is 18.2 Å². The van der Waals surface area contributed by atoms with Crippen molar-refractivity contribution in [2.75, 3.05) is 6.54 Å². The number of nitrogens with one attached hydrogen (secondary N) is 2. The molecule has 0 saturated heterocycles. The zero-order valence-corrected chi connectivity index (χ0v) is 10.3. The minimum Gasteiger partial charge on any atom is -0.507 e. The number of aromatic hydroxyl groups is 1. The molecule has 1 aromatic carbocycles. The number of phenolic OH excluding ortho intramolecular Hbond substituents is 1. The number of hydrogen-bond acceptors (Lipinski definition) is 4. The summed E-state index contributed by atoms with van der Waals surface area (Å²) in [7, 11) is 0. The van der Waals surface area contributed by atoms with Crippen LogP contribution in [0.5, 0.6) is 5.75 Å². The van der Waals surface area contributed by atoms with Crippen LogP contribution in [0.25, 0.3) is 0 Å². The zero-order valence-electron chi connectivity index (χ0n) is 10.3. The third kappa shape index (κ3) is 5.49. The molecule has 0 aliphatic rings. The number of amides is 2. The summed E-state index contributed by atoms with van der Waals surface area (Å²) in [4.78, 5) is 22.5. The lowest BCUT2D eigenvalue weighted by molar-refractivity contribution is -0.129. The summed E-state index contributed by atoms with van der Waals surface area (Å²) in [5.41, 5.74) is 2.67. The highest BCUT2D eigenvalue weighted by Gasteiger charge is 2.06. The van der Waals surface area contributed by atoms with Gasteiger partial charge in [0.15, 0.2) is 0 Å². The van der Waals surface area contributed by atoms with Gasteiger partial charge in [0.2, 0.25) is 11.8 Å². The fraction of sp³-hybridized carbons (Fsp3) is 0.154. The molecular formula is C13H15N3O3. The maximum absolute atomic E-state index is 11.3. The van der Waals surface area contributed by atoms with Gasteiger partial charge in [-0.25, -0.2) is 5.43 Å². The second-order valence-corrected chi connectivity index (χ2v) is 3.62. The first-order valence-electron chi connectivity index (χ1n) is 5.61. The lowest BCUT2D eigenvalue weighted by Crippen LogP contribution is -2.29. The highest BCUT2D eigenvalue weighted by Crippen LogP contribution is 2.12. The Kier molecular flexibility index (Phi) is 5.81. The summed E-state index contributed by atoms with van der Waals surface area (Å²) >= 11 is 0. The molecule has 0 fully saturated rings. The number of nitrogens with zero attached hydrogens (tertiary/aromatic N) is 1. The van der Waals surface area contributed by atoms with Crippen molar-refractivity contribution >= 4 is 18.0 Å². The fourth-order valence-electron chi connectivity index (χ4n) is 1.20. The molecule has 0 bridgehead atoms. The largest absolute Gasteiger partial charge is 0.507 e. The van der Waals surface area contributed by atoms with Gasteiger partial charge in [-0.05, 0) is 12.1 Å². The Morgan fingerprint density at radius 1 is 1.32 bits per heavy atom. The molecule has 1 aromatic rings. The van der Waals surface area contributed by atoms with E-state index in [0.29, 0.717) is 12.1 Å². The van der Waals surface area contributed by atoms with E-state index < -0.39 is 11.8 Å². The quantitative estimate of drug-likeness (QED) is 0.302. The first-order chi connectivity index (χ1) is 9.13. The van der Waals surface area contributed by atoms with Crippen molar-refractivity contribution in [2.45, 2.75) is 6.42 Å². The van der Waals surface area contributed by atoms with Crippen molar-refractivity contribution in [1.82, 2.24) is 10.7 Å². The monoisotopic (exact) mass is 261 g/mol. The molecule has 6 nitrogen and oxygen atoms in total. The number of phenols is 1. The first kappa shape index (κ1) is 14.4. The van der Waals surface area contributed by atoms with Gasteiger partial charge in [0, 0.05) is 12.1 Å². The first-order valence-corrected chi connectivity index (χ1v) is 5.61. The van der Waals surface area contributed by atoms with Crippen LogP contribution in [0.15, 0.2) is 42.0 Å². The van der Waals surface area contributed by atoms with Crippen molar-refractivity contribution in [1.29, 1.82) is 0 Å². The molecule has 100 valence electrons. The summed E-state index contributed by atoms with van der Waals surface area (Å²) in [5, 5.41) is 15.6. The number of benzene rings is 1. The second-order valence-electron chi connectivity index (χ2n) is 3.62. The minimum atomic E-state index is -0.534. The Morgan fingerprint density at radius 2 is 2.05 bits per heavy atom. The number of hydrogen-bond donors (Lipinski definition) is 3. The lowest BCUT2D eigenvalue weighted by atomic mass is 10.2. The average Bonchev–Trinajstić information content (AvgIpc) is 2.38. The van der Waals surface area contributed by atoms with E-state index in [9.17, 15) is 14.7 Å². The molecular weight excluding hydrogens is 246 g/mol. The molecule has 0 unspecified atom stereocenters. The van der Waals surface area contributed by atoms with Gasteiger partial charge >= 0.3 is 0 Å². The zero-order chi connectivity index (χ0) is 14.1. The Morgan fingerprint density at radius 3 is 2.74 bits per heavy atom. The van der Waals surface area contributed by atoms with Crippen LogP contribution in [0.2, 0.25) is 0 Å². The smallest absolute Gasteiger partial charge is 0.249 e. The molecule has 0 aromatic heterocycles. The van der Waals surface area contributed by atoms with Crippen LogP contribution in [0.1, 0.15) is 12.0 Å². The topological polar surface area (TPSA) is 90.8 Å². The highest BCUT2D eigenvalue weighted by molar-refractivity contribution is 5.97. The Bertz CT molecular complexity index is 498. The SMILES string of the molecule is C=CCNC(=O)CC(=O)NN=Cc1ccccc1O. The molecule has 6 heteroatoms. The Hall–Kier alpha value is -2.63. The number of carbonyl (C=O) groups excluding carboxylic acids is 2. The number of hydrazone groups is 1. The summed E-state index contributed by atoms with van der Waals surface area (Å²) < 4.78 is 0. The van der Waals surface area contributed by atoms with Gasteiger partial charge in [-0.3, -0.25) is 9.59 Å². The van der Waals surface area contributed by atoms with E-state index in [0.717, 1.165) is 0 Å². The van der Waals surface area contributed by atoms with E-state index in [2.05, 4.69) is 22.4 Å². The molecule has 0 aliphatic carbocycles. The van der Waals surface area contributed by atoms with E-state index in [1.807, 2.05) is 0 Å². The molecule has 0 spiro atoms. The summed E-state index contributed by atoms with van der Waals surface area (Å²) in [6.07, 6.45) is 2.51. The van der Waals surface area contributed by atoms with Crippen LogP contribution in [-0.2, 0) is 9.59 Å². The summed E-state index contributed by atoms with van der Waals surface area (Å²) in [6, 6.07) is 6.55. The molecule has 2 amide bonds. The molecule has 0 atom stereocenters. The molecule has 3 N–H and O–H groups in total. The van der Waals surface area contributed by atoms with Crippen molar-refractivity contribution in [3.63, 3.8) is 0 Å². The van der Waals surface area contributed by atoms with E-state index in [4.69, 9.17) is 0 Å². The van der Waals surface area contributed by atoms with Gasteiger partial charge in [0.25, 0.3) is 0 Å². The van der Waals surface area contributed by atoms with Gasteiger partial charge in [0.05, 0.1) is 6.21 Å². The molecule has 1 rings (SSSR count).